The van der Waals surface area contributed by atoms with Crippen LogP contribution < -0.4 is 10.6 Å². The van der Waals surface area contributed by atoms with Crippen molar-refractivity contribution in [2.45, 2.75) is 4.34 Å². The molecule has 30 heavy (non-hydrogen) atoms. The highest BCUT2D eigenvalue weighted by molar-refractivity contribution is 8.01. The Morgan fingerprint density at radius 2 is 2.03 bits per heavy atom. The van der Waals surface area contributed by atoms with Crippen LogP contribution in [0.25, 0.3) is 11.3 Å². The van der Waals surface area contributed by atoms with Crippen LogP contribution in [0.5, 0.6) is 0 Å². The molecule has 3 aromatic rings. The summed E-state index contributed by atoms with van der Waals surface area (Å²) in [7, 11) is 0. The zero-order valence-electron chi connectivity index (χ0n) is 15.5. The van der Waals surface area contributed by atoms with Crippen LogP contribution in [0.2, 0.25) is 0 Å². The molecule has 11 heteroatoms. The Bertz CT molecular complexity index is 1080. The maximum atomic E-state index is 12.5. The number of carbonyl (C=O) groups excluding carboxylic acids is 2. The molecule has 0 atom stereocenters. The number of anilines is 1. The van der Waals surface area contributed by atoms with E-state index < -0.39 is 16.7 Å². The summed E-state index contributed by atoms with van der Waals surface area (Å²) < 4.78 is 5.54. The molecule has 0 unspecified atom stereocenters. The van der Waals surface area contributed by atoms with E-state index >= 15 is 0 Å². The lowest BCUT2D eigenvalue weighted by Crippen LogP contribution is -2.24. The van der Waals surface area contributed by atoms with Crippen LogP contribution in [-0.2, 0) is 4.79 Å². The van der Waals surface area contributed by atoms with Gasteiger partial charge < -0.3 is 15.1 Å². The summed E-state index contributed by atoms with van der Waals surface area (Å²) in [4.78, 5) is 38.9. The molecule has 9 nitrogen and oxygen atoms in total. The standard InChI is InChI=1S/C19H16N4O5S2/c1-2-10-20-14(24)11-29-19-21-16(12-6-4-3-5-7-12)18(30-19)22-17(25)13-8-9-15(28-13)23(26)27/h2-9H,1,10-11H2,(H,20,24)(H,22,25). The molecular formula is C19H16N4O5S2. The smallest absolute Gasteiger partial charge is 0.395 e. The van der Waals surface area contributed by atoms with Crippen molar-refractivity contribution in [2.24, 2.45) is 0 Å². The first-order valence-corrected chi connectivity index (χ1v) is 10.4. The van der Waals surface area contributed by atoms with Gasteiger partial charge in [0.25, 0.3) is 5.91 Å². The lowest BCUT2D eigenvalue weighted by molar-refractivity contribution is -0.402. The average molecular weight is 444 g/mol. The van der Waals surface area contributed by atoms with Crippen molar-refractivity contribution in [3.8, 4) is 11.3 Å². The number of aromatic nitrogens is 1. The molecule has 0 saturated heterocycles. The summed E-state index contributed by atoms with van der Waals surface area (Å²) in [6, 6.07) is 11.6. The van der Waals surface area contributed by atoms with Crippen molar-refractivity contribution in [2.75, 3.05) is 17.6 Å². The van der Waals surface area contributed by atoms with Crippen LogP contribution in [0, 0.1) is 10.1 Å². The van der Waals surface area contributed by atoms with E-state index in [1.54, 1.807) is 6.08 Å². The Morgan fingerprint density at radius 1 is 1.27 bits per heavy atom. The zero-order chi connectivity index (χ0) is 21.5. The van der Waals surface area contributed by atoms with Crippen LogP contribution in [0.4, 0.5) is 10.9 Å². The summed E-state index contributed by atoms with van der Waals surface area (Å²) in [6.07, 6.45) is 1.59. The molecule has 0 bridgehead atoms. The number of carbonyl (C=O) groups is 2. The second kappa shape index (κ2) is 9.85. The Balaban J connectivity index is 1.81. The van der Waals surface area contributed by atoms with Gasteiger partial charge in [0.1, 0.15) is 15.6 Å². The van der Waals surface area contributed by atoms with Crippen LogP contribution in [0.15, 0.2) is 63.9 Å². The minimum atomic E-state index is -0.717. The molecule has 2 aromatic heterocycles. The topological polar surface area (TPSA) is 127 Å². The third kappa shape index (κ3) is 5.33. The van der Waals surface area contributed by atoms with Gasteiger partial charge in [0.15, 0.2) is 10.1 Å². The number of hydrogen-bond acceptors (Lipinski definition) is 8. The largest absolute Gasteiger partial charge is 0.433 e. The first-order valence-electron chi connectivity index (χ1n) is 8.60. The molecule has 0 saturated carbocycles. The summed E-state index contributed by atoms with van der Waals surface area (Å²) >= 11 is 2.44. The molecule has 154 valence electrons. The number of amides is 2. The van der Waals surface area contributed by atoms with Crippen molar-refractivity contribution in [3.05, 3.63) is 71.0 Å². The minimum absolute atomic E-state index is 0.160. The van der Waals surface area contributed by atoms with Crippen molar-refractivity contribution in [3.63, 3.8) is 0 Å². The fourth-order valence-corrected chi connectivity index (χ4v) is 4.21. The number of benzene rings is 1. The van der Waals surface area contributed by atoms with E-state index in [2.05, 4.69) is 22.2 Å². The second-order valence-electron chi connectivity index (χ2n) is 5.75. The predicted octanol–water partition coefficient (Wildman–Crippen LogP) is 3.96. The highest BCUT2D eigenvalue weighted by Crippen LogP contribution is 2.37. The molecule has 0 fully saturated rings. The maximum Gasteiger partial charge on any atom is 0.433 e. The van der Waals surface area contributed by atoms with Crippen molar-refractivity contribution in [1.29, 1.82) is 0 Å². The first-order chi connectivity index (χ1) is 14.5. The van der Waals surface area contributed by atoms with E-state index in [1.807, 2.05) is 30.3 Å². The van der Waals surface area contributed by atoms with E-state index in [0.717, 1.165) is 11.6 Å². The van der Waals surface area contributed by atoms with Gasteiger partial charge >= 0.3 is 5.88 Å². The average Bonchev–Trinajstić information content (AvgIpc) is 3.39. The van der Waals surface area contributed by atoms with Gasteiger partial charge in [-0.2, -0.15) is 0 Å². The van der Waals surface area contributed by atoms with Gasteiger partial charge in [-0.05, 0) is 6.07 Å². The number of thioether (sulfide) groups is 1. The number of furan rings is 1. The number of nitro groups is 1. The zero-order valence-corrected chi connectivity index (χ0v) is 17.1. The van der Waals surface area contributed by atoms with Crippen LogP contribution in [-0.4, -0.2) is 34.0 Å². The number of hydrogen-bond donors (Lipinski definition) is 2. The van der Waals surface area contributed by atoms with Gasteiger partial charge in [-0.1, -0.05) is 59.5 Å². The molecule has 2 heterocycles. The molecule has 0 aliphatic carbocycles. The first kappa shape index (κ1) is 21.3. The van der Waals surface area contributed by atoms with Gasteiger partial charge in [-0.25, -0.2) is 4.98 Å². The van der Waals surface area contributed by atoms with Gasteiger partial charge in [0.05, 0.1) is 11.8 Å². The van der Waals surface area contributed by atoms with Gasteiger partial charge in [-0.15, -0.1) is 6.58 Å². The predicted molar refractivity (Wildman–Crippen MR) is 115 cm³/mol. The molecule has 2 amide bonds. The summed E-state index contributed by atoms with van der Waals surface area (Å²) in [5.74, 6) is -1.34. The molecular weight excluding hydrogens is 428 g/mol. The van der Waals surface area contributed by atoms with E-state index in [-0.39, 0.29) is 17.4 Å². The Labute approximate surface area is 179 Å². The van der Waals surface area contributed by atoms with E-state index in [0.29, 0.717) is 21.6 Å². The molecule has 0 aliphatic heterocycles. The molecule has 0 radical (unpaired) electrons. The number of thiazole rings is 1. The van der Waals surface area contributed by atoms with Gasteiger partial charge in [-0.3, -0.25) is 19.7 Å². The Morgan fingerprint density at radius 3 is 2.70 bits per heavy atom. The highest BCUT2D eigenvalue weighted by atomic mass is 32.2. The second-order valence-corrected chi connectivity index (χ2v) is 7.98. The fraction of sp³-hybridized carbons (Fsp3) is 0.105. The van der Waals surface area contributed by atoms with Crippen LogP contribution in [0.3, 0.4) is 0 Å². The maximum absolute atomic E-state index is 12.5. The van der Waals surface area contributed by atoms with E-state index in [9.17, 15) is 19.7 Å². The third-order valence-electron chi connectivity index (χ3n) is 3.65. The quantitative estimate of drug-likeness (QED) is 0.221. The van der Waals surface area contributed by atoms with Gasteiger partial charge in [0.2, 0.25) is 5.91 Å². The molecule has 1 aromatic carbocycles. The van der Waals surface area contributed by atoms with Gasteiger partial charge in [0, 0.05) is 12.1 Å². The van der Waals surface area contributed by atoms with Crippen LogP contribution in [0.1, 0.15) is 10.6 Å². The van der Waals surface area contributed by atoms with E-state index in [4.69, 9.17) is 4.42 Å². The molecule has 0 aliphatic rings. The lowest BCUT2D eigenvalue weighted by atomic mass is 10.2. The van der Waals surface area contributed by atoms with Crippen molar-refractivity contribution in [1.82, 2.24) is 10.3 Å². The lowest BCUT2D eigenvalue weighted by Gasteiger charge is -2.03. The Hall–Kier alpha value is -3.44. The number of nitrogens with zero attached hydrogens (tertiary/aromatic N) is 2. The highest BCUT2D eigenvalue weighted by Gasteiger charge is 2.21. The van der Waals surface area contributed by atoms with Crippen molar-refractivity contribution < 1.29 is 18.9 Å². The van der Waals surface area contributed by atoms with E-state index in [1.165, 1.54) is 29.2 Å². The van der Waals surface area contributed by atoms with Crippen molar-refractivity contribution >= 4 is 45.8 Å². The third-order valence-corrected chi connectivity index (χ3v) is 5.76. The molecule has 3 rings (SSSR count). The monoisotopic (exact) mass is 444 g/mol. The fourth-order valence-electron chi connectivity index (χ4n) is 2.32. The van der Waals surface area contributed by atoms with Crippen LogP contribution >= 0.6 is 23.1 Å². The number of rotatable bonds is 9. The number of nitrogens with one attached hydrogen (secondary N) is 2. The summed E-state index contributed by atoms with van der Waals surface area (Å²) in [5, 5.41) is 16.6. The normalized spacial score (nSPS) is 10.4. The SMILES string of the molecule is C=CCNC(=O)CSc1nc(-c2ccccc2)c(NC(=O)c2ccc([N+](=O)[O-])o2)s1. The molecule has 2 N–H and O–H groups in total. The molecule has 0 spiro atoms. The Kier molecular flexibility index (Phi) is 6.99. The summed E-state index contributed by atoms with van der Waals surface area (Å²) in [5.41, 5.74) is 1.31. The minimum Gasteiger partial charge on any atom is -0.395 e. The summed E-state index contributed by atoms with van der Waals surface area (Å²) in [6.45, 7) is 3.92.